The van der Waals surface area contributed by atoms with Crippen molar-refractivity contribution in [1.29, 1.82) is 0 Å². The lowest BCUT2D eigenvalue weighted by Gasteiger charge is -2.13. The van der Waals surface area contributed by atoms with E-state index in [1.807, 2.05) is 0 Å². The minimum atomic E-state index is -1.20. The molecule has 1 amide bonds. The number of aromatic nitrogens is 2. The highest BCUT2D eigenvalue weighted by Crippen LogP contribution is 2.19. The van der Waals surface area contributed by atoms with Gasteiger partial charge in [0.25, 0.3) is 0 Å². The predicted octanol–water partition coefficient (Wildman–Crippen LogP) is 1.77. The van der Waals surface area contributed by atoms with Gasteiger partial charge < -0.3 is 19.9 Å². The van der Waals surface area contributed by atoms with E-state index in [2.05, 4.69) is 15.5 Å². The van der Waals surface area contributed by atoms with Crippen LogP contribution < -0.4 is 5.32 Å². The summed E-state index contributed by atoms with van der Waals surface area (Å²) >= 11 is 5.79. The van der Waals surface area contributed by atoms with E-state index in [4.69, 9.17) is 26.2 Å². The number of amides is 1. The summed E-state index contributed by atoms with van der Waals surface area (Å²) in [4.78, 5) is 10.8. The molecule has 7 nitrogen and oxygen atoms in total. The number of nitrogens with one attached hydrogen (secondary N) is 1. The fourth-order valence-corrected chi connectivity index (χ4v) is 1.80. The van der Waals surface area contributed by atoms with E-state index < -0.39 is 18.7 Å². The maximum absolute atomic E-state index is 10.8. The topological polar surface area (TPSA) is 108 Å². The van der Waals surface area contributed by atoms with Gasteiger partial charge in [0.15, 0.2) is 0 Å². The lowest BCUT2D eigenvalue weighted by molar-refractivity contribution is 0.186. The molecule has 1 aromatic carbocycles. The van der Waals surface area contributed by atoms with Crippen molar-refractivity contribution in [3.05, 3.63) is 46.6 Å². The van der Waals surface area contributed by atoms with Crippen molar-refractivity contribution in [1.82, 2.24) is 15.5 Å². The van der Waals surface area contributed by atoms with Gasteiger partial charge in [-0.15, -0.1) is 10.2 Å². The van der Waals surface area contributed by atoms with Crippen LogP contribution in [0, 0.1) is 0 Å². The Hall–Kier alpha value is -2.12. The van der Waals surface area contributed by atoms with Crippen LogP contribution in [0.5, 0.6) is 0 Å². The summed E-state index contributed by atoms with van der Waals surface area (Å²) < 4.78 is 5.17. The third-order valence-electron chi connectivity index (χ3n) is 2.57. The molecular formula is C12H12ClN3O4. The summed E-state index contributed by atoms with van der Waals surface area (Å²) in [5.74, 6) is 0.139. The highest BCUT2D eigenvalue weighted by Gasteiger charge is 2.21. The lowest BCUT2D eigenvalue weighted by Crippen LogP contribution is -2.28. The maximum atomic E-state index is 10.8. The number of benzene rings is 1. The van der Waals surface area contributed by atoms with E-state index in [0.717, 1.165) is 5.56 Å². The average Bonchev–Trinajstić information content (AvgIpc) is 2.89. The zero-order valence-electron chi connectivity index (χ0n) is 10.3. The molecule has 0 spiro atoms. The summed E-state index contributed by atoms with van der Waals surface area (Å²) in [5, 5.41) is 28.0. The summed E-state index contributed by atoms with van der Waals surface area (Å²) in [6.45, 7) is -0.395. The number of hydrogen-bond acceptors (Lipinski definition) is 5. The molecule has 1 aromatic heterocycles. The molecule has 3 N–H and O–H groups in total. The van der Waals surface area contributed by atoms with Gasteiger partial charge >= 0.3 is 6.09 Å². The van der Waals surface area contributed by atoms with E-state index in [9.17, 15) is 4.79 Å². The van der Waals surface area contributed by atoms with Crippen LogP contribution in [0.15, 0.2) is 28.7 Å². The Kier molecular flexibility index (Phi) is 4.54. The first-order valence-electron chi connectivity index (χ1n) is 5.75. The molecule has 106 valence electrons. The summed E-state index contributed by atoms with van der Waals surface area (Å²) in [6, 6.07) is 6.29. The van der Waals surface area contributed by atoms with Crippen molar-refractivity contribution in [2.45, 2.75) is 19.1 Å². The van der Waals surface area contributed by atoms with Gasteiger partial charge in [-0.2, -0.15) is 0 Å². The zero-order valence-corrected chi connectivity index (χ0v) is 11.0. The summed E-state index contributed by atoms with van der Waals surface area (Å²) in [6.07, 6.45) is -0.871. The minimum Gasteiger partial charge on any atom is -0.465 e. The van der Waals surface area contributed by atoms with E-state index in [1.165, 1.54) is 0 Å². The van der Waals surface area contributed by atoms with Crippen molar-refractivity contribution < 1.29 is 19.4 Å². The molecule has 1 atom stereocenters. The molecule has 0 fully saturated rings. The third kappa shape index (κ3) is 3.69. The van der Waals surface area contributed by atoms with Crippen LogP contribution in [-0.4, -0.2) is 26.5 Å². The zero-order chi connectivity index (χ0) is 14.5. The molecular weight excluding hydrogens is 286 g/mol. The second kappa shape index (κ2) is 6.36. The average molecular weight is 298 g/mol. The maximum Gasteiger partial charge on any atom is 0.405 e. The second-order valence-corrected chi connectivity index (χ2v) is 4.46. The SMILES string of the molecule is O=C(O)N[C@@H](Cc1ccc(Cl)cc1)c1nnc(CO)o1. The predicted molar refractivity (Wildman–Crippen MR) is 69.3 cm³/mol. The smallest absolute Gasteiger partial charge is 0.405 e. The molecule has 1 heterocycles. The van der Waals surface area contributed by atoms with Crippen molar-refractivity contribution in [2.24, 2.45) is 0 Å². The Labute approximate surface area is 119 Å². The minimum absolute atomic E-state index is 0.0355. The van der Waals surface area contributed by atoms with Crippen LogP contribution in [0.1, 0.15) is 23.4 Å². The first-order valence-corrected chi connectivity index (χ1v) is 6.13. The molecule has 8 heteroatoms. The Morgan fingerprint density at radius 1 is 1.35 bits per heavy atom. The Morgan fingerprint density at radius 2 is 2.05 bits per heavy atom. The van der Waals surface area contributed by atoms with Crippen molar-refractivity contribution >= 4 is 17.7 Å². The first-order chi connectivity index (χ1) is 9.58. The monoisotopic (exact) mass is 297 g/mol. The third-order valence-corrected chi connectivity index (χ3v) is 2.82. The highest BCUT2D eigenvalue weighted by molar-refractivity contribution is 6.30. The molecule has 0 aliphatic rings. The van der Waals surface area contributed by atoms with Crippen LogP contribution >= 0.6 is 11.6 Å². The Bertz CT molecular complexity index is 585. The van der Waals surface area contributed by atoms with Gasteiger partial charge in [0.05, 0.1) is 0 Å². The van der Waals surface area contributed by atoms with Gasteiger partial charge in [0.1, 0.15) is 12.6 Å². The number of carbonyl (C=O) groups is 1. The van der Waals surface area contributed by atoms with Gasteiger partial charge in [-0.05, 0) is 17.7 Å². The molecule has 20 heavy (non-hydrogen) atoms. The number of rotatable bonds is 5. The molecule has 0 saturated heterocycles. The number of halogens is 1. The number of carboxylic acid groups (broad SMARTS) is 1. The van der Waals surface area contributed by atoms with Gasteiger partial charge in [-0.25, -0.2) is 4.79 Å². The molecule has 2 rings (SSSR count). The molecule has 2 aromatic rings. The van der Waals surface area contributed by atoms with E-state index >= 15 is 0 Å². The second-order valence-electron chi connectivity index (χ2n) is 4.02. The quantitative estimate of drug-likeness (QED) is 0.776. The fraction of sp³-hybridized carbons (Fsp3) is 0.250. The highest BCUT2D eigenvalue weighted by atomic mass is 35.5. The van der Waals surface area contributed by atoms with Crippen LogP contribution in [-0.2, 0) is 13.0 Å². The molecule has 0 unspecified atom stereocenters. The van der Waals surface area contributed by atoms with Crippen molar-refractivity contribution in [3.63, 3.8) is 0 Å². The number of nitrogens with zero attached hydrogens (tertiary/aromatic N) is 2. The van der Waals surface area contributed by atoms with E-state index in [1.54, 1.807) is 24.3 Å². The van der Waals surface area contributed by atoms with E-state index in [0.29, 0.717) is 11.4 Å². The van der Waals surface area contributed by atoms with Crippen molar-refractivity contribution in [3.8, 4) is 0 Å². The summed E-state index contributed by atoms with van der Waals surface area (Å²) in [5.41, 5.74) is 0.858. The molecule has 0 aliphatic heterocycles. The van der Waals surface area contributed by atoms with Crippen LogP contribution in [0.2, 0.25) is 5.02 Å². The fourth-order valence-electron chi connectivity index (χ4n) is 1.68. The van der Waals surface area contributed by atoms with Crippen molar-refractivity contribution in [2.75, 3.05) is 0 Å². The lowest BCUT2D eigenvalue weighted by atomic mass is 10.1. The number of aliphatic hydroxyl groups is 1. The van der Waals surface area contributed by atoms with Gasteiger partial charge in [-0.1, -0.05) is 23.7 Å². The Morgan fingerprint density at radius 3 is 2.60 bits per heavy atom. The largest absolute Gasteiger partial charge is 0.465 e. The van der Waals surface area contributed by atoms with Gasteiger partial charge in [0.2, 0.25) is 11.8 Å². The normalized spacial score (nSPS) is 12.1. The Balaban J connectivity index is 2.18. The van der Waals surface area contributed by atoms with Crippen LogP contribution in [0.4, 0.5) is 4.79 Å². The van der Waals surface area contributed by atoms with Crippen LogP contribution in [0.25, 0.3) is 0 Å². The molecule has 0 radical (unpaired) electrons. The van der Waals surface area contributed by atoms with Gasteiger partial charge in [0, 0.05) is 11.4 Å². The molecule has 0 aliphatic carbocycles. The number of aliphatic hydroxyl groups excluding tert-OH is 1. The van der Waals surface area contributed by atoms with E-state index in [-0.39, 0.29) is 11.8 Å². The van der Waals surface area contributed by atoms with Crippen LogP contribution in [0.3, 0.4) is 0 Å². The first kappa shape index (κ1) is 14.3. The van der Waals surface area contributed by atoms with Gasteiger partial charge in [-0.3, -0.25) is 0 Å². The standard InChI is InChI=1S/C12H12ClN3O4/c13-8-3-1-7(2-4-8)5-9(14-12(18)19)11-16-15-10(6-17)20-11/h1-4,9,14,17H,5-6H2,(H,18,19)/t9-/m0/s1. The summed E-state index contributed by atoms with van der Waals surface area (Å²) in [7, 11) is 0. The number of hydrogen-bond donors (Lipinski definition) is 3. The molecule has 0 bridgehead atoms. The molecule has 0 saturated carbocycles.